The van der Waals surface area contributed by atoms with Gasteiger partial charge in [-0.15, -0.1) is 0 Å². The van der Waals surface area contributed by atoms with Gasteiger partial charge in [-0.2, -0.15) is 5.26 Å². The van der Waals surface area contributed by atoms with Crippen molar-refractivity contribution in [2.45, 2.75) is 45.2 Å². The molecule has 2 rings (SSSR count). The second-order valence-corrected chi connectivity index (χ2v) is 5.88. The maximum Gasteiger partial charge on any atom is 0.260 e. The molecule has 0 radical (unpaired) electrons. The summed E-state index contributed by atoms with van der Waals surface area (Å²) in [5.41, 5.74) is 0.469. The summed E-state index contributed by atoms with van der Waals surface area (Å²) < 4.78 is 5.52. The number of halogens is 1. The normalized spacial score (nSPS) is 21.7. The zero-order valence-electron chi connectivity index (χ0n) is 12.3. The van der Waals surface area contributed by atoms with E-state index in [2.05, 4.69) is 13.8 Å². The van der Waals surface area contributed by atoms with Crippen molar-refractivity contribution in [3.05, 3.63) is 28.8 Å². The molecule has 1 aromatic carbocycles. The zero-order chi connectivity index (χ0) is 15.4. The fraction of sp³-hybridized carbons (Fsp3) is 0.500. The molecule has 2 unspecified atom stereocenters. The van der Waals surface area contributed by atoms with Crippen LogP contribution in [0.5, 0.6) is 5.75 Å². The van der Waals surface area contributed by atoms with Gasteiger partial charge in [0.25, 0.3) is 5.91 Å². The Labute approximate surface area is 130 Å². The van der Waals surface area contributed by atoms with Gasteiger partial charge in [0.2, 0.25) is 0 Å². The third-order valence-corrected chi connectivity index (χ3v) is 4.19. The van der Waals surface area contributed by atoms with Crippen LogP contribution in [0, 0.1) is 11.3 Å². The van der Waals surface area contributed by atoms with Crippen molar-refractivity contribution in [3.63, 3.8) is 0 Å². The number of piperidine rings is 1. The van der Waals surface area contributed by atoms with Crippen molar-refractivity contribution >= 4 is 17.5 Å². The fourth-order valence-corrected chi connectivity index (χ4v) is 3.05. The van der Waals surface area contributed by atoms with E-state index in [-0.39, 0.29) is 24.6 Å². The molecule has 21 heavy (non-hydrogen) atoms. The molecule has 0 N–H and O–H groups in total. The highest BCUT2D eigenvalue weighted by Gasteiger charge is 2.29. The average Bonchev–Trinajstić information content (AvgIpc) is 2.45. The number of hydrogen-bond donors (Lipinski definition) is 0. The molecule has 1 heterocycles. The zero-order valence-corrected chi connectivity index (χ0v) is 13.1. The third kappa shape index (κ3) is 3.68. The van der Waals surface area contributed by atoms with E-state index in [1.54, 1.807) is 12.1 Å². The van der Waals surface area contributed by atoms with E-state index < -0.39 is 0 Å². The van der Waals surface area contributed by atoms with E-state index in [0.717, 1.165) is 19.3 Å². The lowest BCUT2D eigenvalue weighted by molar-refractivity contribution is -0.139. The first kappa shape index (κ1) is 15.7. The number of nitriles is 1. The minimum Gasteiger partial charge on any atom is -0.482 e. The van der Waals surface area contributed by atoms with Gasteiger partial charge in [0, 0.05) is 12.1 Å². The molecule has 1 aromatic rings. The summed E-state index contributed by atoms with van der Waals surface area (Å²) in [6.07, 6.45) is 3.23. The summed E-state index contributed by atoms with van der Waals surface area (Å²) in [5, 5.41) is 9.14. The number of amides is 1. The molecule has 2 atom stereocenters. The van der Waals surface area contributed by atoms with Crippen LogP contribution in [-0.2, 0) is 4.79 Å². The van der Waals surface area contributed by atoms with Gasteiger partial charge in [-0.25, -0.2) is 0 Å². The quantitative estimate of drug-likeness (QED) is 0.860. The number of nitrogens with zero attached hydrogens (tertiary/aromatic N) is 2. The van der Waals surface area contributed by atoms with Crippen molar-refractivity contribution in [2.24, 2.45) is 0 Å². The van der Waals surface area contributed by atoms with Crippen molar-refractivity contribution < 1.29 is 9.53 Å². The molecular weight excluding hydrogens is 288 g/mol. The molecule has 1 amide bonds. The second-order valence-electron chi connectivity index (χ2n) is 5.48. The summed E-state index contributed by atoms with van der Waals surface area (Å²) in [7, 11) is 0. The molecule has 1 saturated heterocycles. The van der Waals surface area contributed by atoms with E-state index in [9.17, 15) is 4.79 Å². The molecule has 0 bridgehead atoms. The molecule has 1 aliphatic heterocycles. The molecule has 0 aliphatic carbocycles. The van der Waals surface area contributed by atoms with Crippen LogP contribution in [-0.4, -0.2) is 29.5 Å². The standard InChI is InChI=1S/C16H19ClN2O2/c1-11-4-3-5-12(2)19(11)16(20)10-21-15-7-6-13(9-18)8-14(15)17/h6-8,11-12H,3-5,10H2,1-2H3. The molecule has 1 aliphatic rings. The van der Waals surface area contributed by atoms with Crippen LogP contribution in [0.25, 0.3) is 0 Å². The average molecular weight is 307 g/mol. The number of carbonyl (C=O) groups excluding carboxylic acids is 1. The maximum absolute atomic E-state index is 12.3. The summed E-state index contributed by atoms with van der Waals surface area (Å²) >= 11 is 6.03. The minimum atomic E-state index is -0.0275. The first-order valence-electron chi connectivity index (χ1n) is 7.16. The number of benzene rings is 1. The summed E-state index contributed by atoms with van der Waals surface area (Å²) in [5.74, 6) is 0.413. The summed E-state index contributed by atoms with van der Waals surface area (Å²) in [6.45, 7) is 4.12. The molecule has 0 saturated carbocycles. The predicted molar refractivity (Wildman–Crippen MR) is 81.3 cm³/mol. The van der Waals surface area contributed by atoms with Crippen LogP contribution in [0.3, 0.4) is 0 Å². The first-order chi connectivity index (χ1) is 10.0. The van der Waals surface area contributed by atoms with Gasteiger partial charge >= 0.3 is 0 Å². The molecular formula is C16H19ClN2O2. The van der Waals surface area contributed by atoms with E-state index >= 15 is 0 Å². The topological polar surface area (TPSA) is 53.3 Å². The Morgan fingerprint density at radius 3 is 2.67 bits per heavy atom. The van der Waals surface area contributed by atoms with Gasteiger partial charge in [0.1, 0.15) is 5.75 Å². The molecule has 112 valence electrons. The smallest absolute Gasteiger partial charge is 0.260 e. The molecule has 0 aromatic heterocycles. The Kier molecular flexibility index (Phi) is 5.08. The number of hydrogen-bond acceptors (Lipinski definition) is 3. The number of rotatable bonds is 3. The molecule has 0 spiro atoms. The molecule has 5 heteroatoms. The van der Waals surface area contributed by atoms with Crippen molar-refractivity contribution in [3.8, 4) is 11.8 Å². The number of ether oxygens (including phenoxy) is 1. The lowest BCUT2D eigenvalue weighted by atomic mass is 9.97. The predicted octanol–water partition coefficient (Wildman–Crippen LogP) is 3.38. The summed E-state index contributed by atoms with van der Waals surface area (Å²) in [4.78, 5) is 14.2. The van der Waals surface area contributed by atoms with Crippen molar-refractivity contribution in [1.29, 1.82) is 5.26 Å². The second kappa shape index (κ2) is 6.82. The Morgan fingerprint density at radius 1 is 1.43 bits per heavy atom. The fourth-order valence-electron chi connectivity index (χ4n) is 2.81. The van der Waals surface area contributed by atoms with Gasteiger partial charge < -0.3 is 9.64 Å². The van der Waals surface area contributed by atoms with Crippen LogP contribution in [0.15, 0.2) is 18.2 Å². The molecule has 1 fully saturated rings. The van der Waals surface area contributed by atoms with Gasteiger partial charge in [0.15, 0.2) is 6.61 Å². The van der Waals surface area contributed by atoms with Crippen LogP contribution in [0.4, 0.5) is 0 Å². The van der Waals surface area contributed by atoms with E-state index in [1.807, 2.05) is 11.0 Å². The monoisotopic (exact) mass is 306 g/mol. The Bertz CT molecular complexity index is 558. The Hall–Kier alpha value is -1.73. The van der Waals surface area contributed by atoms with Gasteiger partial charge in [-0.05, 0) is 51.3 Å². The number of carbonyl (C=O) groups is 1. The Balaban J connectivity index is 1.99. The maximum atomic E-state index is 12.3. The van der Waals surface area contributed by atoms with Gasteiger partial charge in [-0.1, -0.05) is 11.6 Å². The lowest BCUT2D eigenvalue weighted by Crippen LogP contribution is -2.49. The highest BCUT2D eigenvalue weighted by atomic mass is 35.5. The van der Waals surface area contributed by atoms with Gasteiger partial charge in [-0.3, -0.25) is 4.79 Å². The van der Waals surface area contributed by atoms with Crippen LogP contribution in [0.2, 0.25) is 5.02 Å². The summed E-state index contributed by atoms with van der Waals surface area (Å²) in [6, 6.07) is 7.29. The largest absolute Gasteiger partial charge is 0.482 e. The minimum absolute atomic E-state index is 0.0184. The van der Waals surface area contributed by atoms with Gasteiger partial charge in [0.05, 0.1) is 16.7 Å². The van der Waals surface area contributed by atoms with E-state index in [0.29, 0.717) is 16.3 Å². The Morgan fingerprint density at radius 2 is 2.10 bits per heavy atom. The first-order valence-corrected chi connectivity index (χ1v) is 7.54. The van der Waals surface area contributed by atoms with Crippen LogP contribution in [0.1, 0.15) is 38.7 Å². The van der Waals surface area contributed by atoms with Crippen molar-refractivity contribution in [2.75, 3.05) is 6.61 Å². The molecule has 4 nitrogen and oxygen atoms in total. The highest BCUT2D eigenvalue weighted by Crippen LogP contribution is 2.26. The number of likely N-dealkylation sites (tertiary alicyclic amines) is 1. The SMILES string of the molecule is CC1CCCC(C)N1C(=O)COc1ccc(C#N)cc1Cl. The lowest BCUT2D eigenvalue weighted by Gasteiger charge is -2.39. The van der Waals surface area contributed by atoms with Crippen LogP contribution < -0.4 is 4.74 Å². The van der Waals surface area contributed by atoms with E-state index in [1.165, 1.54) is 6.07 Å². The van der Waals surface area contributed by atoms with Crippen molar-refractivity contribution in [1.82, 2.24) is 4.90 Å². The van der Waals surface area contributed by atoms with Crippen LogP contribution >= 0.6 is 11.6 Å². The highest BCUT2D eigenvalue weighted by molar-refractivity contribution is 6.32. The third-order valence-electron chi connectivity index (χ3n) is 3.89. The van der Waals surface area contributed by atoms with E-state index in [4.69, 9.17) is 21.6 Å².